The second-order valence-corrected chi connectivity index (χ2v) is 4.99. The summed E-state index contributed by atoms with van der Waals surface area (Å²) in [4.78, 5) is 10.8. The molecule has 0 bridgehead atoms. The van der Waals surface area contributed by atoms with Crippen molar-refractivity contribution in [2.45, 2.75) is 13.8 Å². The van der Waals surface area contributed by atoms with Crippen molar-refractivity contribution in [2.24, 2.45) is 0 Å². The smallest absolute Gasteiger partial charge is 0.238 e. The Hall–Kier alpha value is -1.82. The Morgan fingerprint density at radius 2 is 1.95 bits per heavy atom. The third-order valence-electron chi connectivity index (χ3n) is 2.87. The van der Waals surface area contributed by atoms with Crippen molar-refractivity contribution in [1.82, 2.24) is 9.97 Å². The van der Waals surface area contributed by atoms with Crippen molar-refractivity contribution in [1.29, 1.82) is 0 Å². The van der Waals surface area contributed by atoms with Crippen LogP contribution >= 0.6 is 15.9 Å². The van der Waals surface area contributed by atoms with E-state index in [9.17, 15) is 0 Å². The van der Waals surface area contributed by atoms with Crippen molar-refractivity contribution in [2.75, 3.05) is 23.7 Å². The average molecular weight is 337 g/mol. The van der Waals surface area contributed by atoms with E-state index < -0.39 is 0 Å². The number of hydrogen-bond donors (Lipinski definition) is 1. The molecule has 20 heavy (non-hydrogen) atoms. The van der Waals surface area contributed by atoms with Gasteiger partial charge in [-0.25, -0.2) is 4.98 Å². The number of para-hydroxylation sites is 2. The molecular formula is C14H17BrN4O. The van der Waals surface area contributed by atoms with Crippen LogP contribution in [0.4, 0.5) is 11.6 Å². The summed E-state index contributed by atoms with van der Waals surface area (Å²) in [7, 11) is 0. The minimum atomic E-state index is 0.458. The highest BCUT2D eigenvalue weighted by molar-refractivity contribution is 9.10. The fourth-order valence-corrected chi connectivity index (χ4v) is 2.02. The van der Waals surface area contributed by atoms with Crippen LogP contribution in [-0.4, -0.2) is 23.1 Å². The largest absolute Gasteiger partial charge is 0.436 e. The maximum atomic E-state index is 5.87. The number of ether oxygens (including phenoxy) is 1. The van der Waals surface area contributed by atoms with E-state index in [2.05, 4.69) is 39.7 Å². The molecule has 0 spiro atoms. The van der Waals surface area contributed by atoms with E-state index in [1.165, 1.54) is 0 Å². The fourth-order valence-electron chi connectivity index (χ4n) is 1.75. The normalized spacial score (nSPS) is 10.3. The maximum absolute atomic E-state index is 5.87. The van der Waals surface area contributed by atoms with E-state index in [-0.39, 0.29) is 0 Å². The molecule has 1 heterocycles. The van der Waals surface area contributed by atoms with Gasteiger partial charge in [0.15, 0.2) is 5.75 Å². The Kier molecular flexibility index (Phi) is 4.79. The molecule has 1 aromatic heterocycles. The van der Waals surface area contributed by atoms with Crippen LogP contribution in [0.2, 0.25) is 0 Å². The number of halogens is 1. The van der Waals surface area contributed by atoms with Gasteiger partial charge in [-0.1, -0.05) is 12.1 Å². The molecule has 0 aliphatic carbocycles. The fraction of sp³-hybridized carbons (Fsp3) is 0.286. The number of rotatable bonds is 5. The van der Waals surface area contributed by atoms with Crippen LogP contribution in [0.25, 0.3) is 0 Å². The Morgan fingerprint density at radius 3 is 2.60 bits per heavy atom. The first-order valence-corrected chi connectivity index (χ1v) is 7.24. The van der Waals surface area contributed by atoms with Crippen LogP contribution < -0.4 is 15.4 Å². The molecule has 0 saturated carbocycles. The SMILES string of the molecule is CCN(CC)c1ncc(Br)c(Oc2ccccc2N)n1. The second kappa shape index (κ2) is 6.56. The third kappa shape index (κ3) is 3.19. The zero-order valence-corrected chi connectivity index (χ0v) is 13.1. The molecule has 1 aromatic carbocycles. The Morgan fingerprint density at radius 1 is 1.25 bits per heavy atom. The number of nitrogens with two attached hydrogens (primary N) is 1. The van der Waals surface area contributed by atoms with Gasteiger partial charge in [-0.15, -0.1) is 0 Å². The Bertz CT molecular complexity index is 587. The van der Waals surface area contributed by atoms with Gasteiger partial charge in [0.1, 0.15) is 0 Å². The van der Waals surface area contributed by atoms with Gasteiger partial charge in [0.2, 0.25) is 11.8 Å². The number of hydrogen-bond acceptors (Lipinski definition) is 5. The number of anilines is 2. The van der Waals surface area contributed by atoms with Crippen molar-refractivity contribution < 1.29 is 4.74 Å². The summed E-state index contributed by atoms with van der Waals surface area (Å²) < 4.78 is 6.46. The molecule has 2 rings (SSSR count). The number of benzene rings is 1. The van der Waals surface area contributed by atoms with Gasteiger partial charge in [-0.3, -0.25) is 0 Å². The number of aromatic nitrogens is 2. The van der Waals surface area contributed by atoms with Crippen molar-refractivity contribution >= 4 is 27.6 Å². The summed E-state index contributed by atoms with van der Waals surface area (Å²) in [5.41, 5.74) is 6.45. The van der Waals surface area contributed by atoms with Crippen LogP contribution in [0.15, 0.2) is 34.9 Å². The molecule has 6 heteroatoms. The van der Waals surface area contributed by atoms with E-state index in [1.807, 2.05) is 17.0 Å². The number of nitrogen functional groups attached to an aromatic ring is 1. The van der Waals surface area contributed by atoms with E-state index in [1.54, 1.807) is 18.3 Å². The third-order valence-corrected chi connectivity index (χ3v) is 3.42. The predicted octanol–water partition coefficient (Wildman–Crippen LogP) is 3.46. The minimum Gasteiger partial charge on any atom is -0.436 e. The highest BCUT2D eigenvalue weighted by Gasteiger charge is 2.12. The van der Waals surface area contributed by atoms with Gasteiger partial charge in [0, 0.05) is 13.1 Å². The first kappa shape index (κ1) is 14.6. The predicted molar refractivity (Wildman–Crippen MR) is 84.2 cm³/mol. The zero-order chi connectivity index (χ0) is 14.5. The second-order valence-electron chi connectivity index (χ2n) is 4.14. The summed E-state index contributed by atoms with van der Waals surface area (Å²) >= 11 is 3.40. The molecule has 0 aliphatic rings. The minimum absolute atomic E-state index is 0.458. The molecule has 0 fully saturated rings. The van der Waals surface area contributed by atoms with Gasteiger partial charge < -0.3 is 15.4 Å². The summed E-state index contributed by atoms with van der Waals surface area (Å²) in [6.45, 7) is 5.80. The van der Waals surface area contributed by atoms with E-state index in [0.29, 0.717) is 27.7 Å². The van der Waals surface area contributed by atoms with Gasteiger partial charge in [0.25, 0.3) is 0 Å². The standard InChI is InChI=1S/C14H17BrN4O/c1-3-19(4-2)14-17-9-10(15)13(18-14)20-12-8-6-5-7-11(12)16/h5-9H,3-4,16H2,1-2H3. The molecular weight excluding hydrogens is 320 g/mol. The van der Waals surface area contributed by atoms with E-state index >= 15 is 0 Å². The number of nitrogens with zero attached hydrogens (tertiary/aromatic N) is 3. The van der Waals surface area contributed by atoms with Crippen molar-refractivity contribution in [3.8, 4) is 11.6 Å². The Labute approximate surface area is 126 Å². The molecule has 0 amide bonds. The van der Waals surface area contributed by atoms with Crippen LogP contribution in [0.1, 0.15) is 13.8 Å². The molecule has 0 unspecified atom stereocenters. The lowest BCUT2D eigenvalue weighted by Crippen LogP contribution is -2.24. The lowest BCUT2D eigenvalue weighted by atomic mass is 10.3. The van der Waals surface area contributed by atoms with Crippen LogP contribution in [-0.2, 0) is 0 Å². The van der Waals surface area contributed by atoms with E-state index in [4.69, 9.17) is 10.5 Å². The molecule has 0 atom stereocenters. The molecule has 106 valence electrons. The summed E-state index contributed by atoms with van der Waals surface area (Å²) in [6, 6.07) is 7.32. The summed E-state index contributed by atoms with van der Waals surface area (Å²) in [6.07, 6.45) is 1.69. The maximum Gasteiger partial charge on any atom is 0.238 e. The zero-order valence-electron chi connectivity index (χ0n) is 11.5. The van der Waals surface area contributed by atoms with Crippen LogP contribution in [0.5, 0.6) is 11.6 Å². The summed E-state index contributed by atoms with van der Waals surface area (Å²) in [5.74, 6) is 1.68. The molecule has 0 radical (unpaired) electrons. The first-order valence-electron chi connectivity index (χ1n) is 6.45. The van der Waals surface area contributed by atoms with Crippen LogP contribution in [0.3, 0.4) is 0 Å². The lowest BCUT2D eigenvalue weighted by molar-refractivity contribution is 0.460. The molecule has 2 N–H and O–H groups in total. The van der Waals surface area contributed by atoms with Crippen molar-refractivity contribution in [3.05, 3.63) is 34.9 Å². The first-order chi connectivity index (χ1) is 9.65. The molecule has 5 nitrogen and oxygen atoms in total. The quantitative estimate of drug-likeness (QED) is 0.847. The van der Waals surface area contributed by atoms with Gasteiger partial charge in [0.05, 0.1) is 16.4 Å². The van der Waals surface area contributed by atoms with Crippen molar-refractivity contribution in [3.63, 3.8) is 0 Å². The highest BCUT2D eigenvalue weighted by Crippen LogP contribution is 2.31. The molecule has 0 aliphatic heterocycles. The average Bonchev–Trinajstić information content (AvgIpc) is 2.46. The van der Waals surface area contributed by atoms with Gasteiger partial charge in [-0.05, 0) is 41.9 Å². The van der Waals surface area contributed by atoms with Crippen LogP contribution in [0, 0.1) is 0 Å². The summed E-state index contributed by atoms with van der Waals surface area (Å²) in [5, 5.41) is 0. The highest BCUT2D eigenvalue weighted by atomic mass is 79.9. The molecule has 2 aromatic rings. The lowest BCUT2D eigenvalue weighted by Gasteiger charge is -2.19. The molecule has 0 saturated heterocycles. The topological polar surface area (TPSA) is 64.3 Å². The van der Waals surface area contributed by atoms with Gasteiger partial charge in [-0.2, -0.15) is 4.98 Å². The monoisotopic (exact) mass is 336 g/mol. The van der Waals surface area contributed by atoms with E-state index in [0.717, 1.165) is 13.1 Å². The van der Waals surface area contributed by atoms with Gasteiger partial charge >= 0.3 is 0 Å². The Balaban J connectivity index is 2.32.